The van der Waals surface area contributed by atoms with Crippen LogP contribution in [0, 0.1) is 17.7 Å². The molecule has 4 heteroatoms. The standard InChI is InChI=1S/C16H23FN2O/c1-11(14-3-2-4-15(17)9-14)19-16(20)13-7-5-12(10-18)6-8-13/h2-4,9,11-13H,5-8,10,18H2,1H3,(H,19,20). The van der Waals surface area contributed by atoms with Crippen molar-refractivity contribution in [3.05, 3.63) is 35.6 Å². The summed E-state index contributed by atoms with van der Waals surface area (Å²) < 4.78 is 13.2. The second-order valence-corrected chi connectivity index (χ2v) is 5.74. The third kappa shape index (κ3) is 3.79. The highest BCUT2D eigenvalue weighted by molar-refractivity contribution is 5.79. The maximum Gasteiger partial charge on any atom is 0.223 e. The normalized spacial score (nSPS) is 24.1. The van der Waals surface area contributed by atoms with E-state index >= 15 is 0 Å². The molecule has 3 N–H and O–H groups in total. The molecule has 0 radical (unpaired) electrons. The number of benzene rings is 1. The number of carbonyl (C=O) groups is 1. The van der Waals surface area contributed by atoms with Crippen LogP contribution in [0.2, 0.25) is 0 Å². The van der Waals surface area contributed by atoms with Crippen molar-refractivity contribution >= 4 is 5.91 Å². The Hall–Kier alpha value is -1.42. The van der Waals surface area contributed by atoms with Gasteiger partial charge in [0.1, 0.15) is 5.82 Å². The van der Waals surface area contributed by atoms with E-state index in [4.69, 9.17) is 5.73 Å². The van der Waals surface area contributed by atoms with Crippen LogP contribution < -0.4 is 11.1 Å². The molecule has 1 saturated carbocycles. The molecular formula is C16H23FN2O. The van der Waals surface area contributed by atoms with Crippen LogP contribution in [-0.2, 0) is 4.79 Å². The van der Waals surface area contributed by atoms with Crippen LogP contribution in [0.25, 0.3) is 0 Å². The van der Waals surface area contributed by atoms with Gasteiger partial charge in [-0.05, 0) is 62.8 Å². The lowest BCUT2D eigenvalue weighted by Gasteiger charge is -2.28. The summed E-state index contributed by atoms with van der Waals surface area (Å²) in [7, 11) is 0. The van der Waals surface area contributed by atoms with E-state index in [0.29, 0.717) is 12.5 Å². The minimum absolute atomic E-state index is 0.0776. The van der Waals surface area contributed by atoms with Crippen molar-refractivity contribution in [3.63, 3.8) is 0 Å². The van der Waals surface area contributed by atoms with Crippen LogP contribution in [0.1, 0.15) is 44.2 Å². The van der Waals surface area contributed by atoms with Gasteiger partial charge in [-0.1, -0.05) is 12.1 Å². The van der Waals surface area contributed by atoms with Gasteiger partial charge in [0.15, 0.2) is 0 Å². The Kier molecular flexibility index (Phi) is 5.12. The SMILES string of the molecule is CC(NC(=O)C1CCC(CN)CC1)c1cccc(F)c1. The second-order valence-electron chi connectivity index (χ2n) is 5.74. The number of halogens is 1. The van der Waals surface area contributed by atoms with Crippen molar-refractivity contribution in [3.8, 4) is 0 Å². The molecule has 1 aliphatic rings. The summed E-state index contributed by atoms with van der Waals surface area (Å²) in [5.41, 5.74) is 6.46. The Morgan fingerprint density at radius 3 is 2.70 bits per heavy atom. The van der Waals surface area contributed by atoms with Gasteiger partial charge in [0, 0.05) is 5.92 Å². The first kappa shape index (κ1) is 15.0. The highest BCUT2D eigenvalue weighted by Crippen LogP contribution is 2.28. The van der Waals surface area contributed by atoms with E-state index in [1.54, 1.807) is 6.07 Å². The molecule has 1 aliphatic carbocycles. The maximum absolute atomic E-state index is 13.2. The Balaban J connectivity index is 1.88. The largest absolute Gasteiger partial charge is 0.349 e. The van der Waals surface area contributed by atoms with E-state index in [0.717, 1.165) is 31.2 Å². The van der Waals surface area contributed by atoms with Gasteiger partial charge in [0.05, 0.1) is 6.04 Å². The fourth-order valence-electron chi connectivity index (χ4n) is 2.85. The summed E-state index contributed by atoms with van der Waals surface area (Å²) in [5, 5.41) is 2.99. The molecule has 0 bridgehead atoms. The summed E-state index contributed by atoms with van der Waals surface area (Å²) in [5.74, 6) is 0.456. The first-order valence-electron chi connectivity index (χ1n) is 7.36. The van der Waals surface area contributed by atoms with Crippen LogP contribution >= 0.6 is 0 Å². The molecule has 1 unspecified atom stereocenters. The van der Waals surface area contributed by atoms with Gasteiger partial charge < -0.3 is 11.1 Å². The molecule has 1 aromatic carbocycles. The first-order valence-corrected chi connectivity index (χ1v) is 7.36. The van der Waals surface area contributed by atoms with E-state index in [-0.39, 0.29) is 23.7 Å². The summed E-state index contributed by atoms with van der Waals surface area (Å²) in [6.07, 6.45) is 3.87. The van der Waals surface area contributed by atoms with Gasteiger partial charge in [-0.25, -0.2) is 4.39 Å². The monoisotopic (exact) mass is 278 g/mol. The number of rotatable bonds is 4. The lowest BCUT2D eigenvalue weighted by Crippen LogP contribution is -2.35. The third-order valence-electron chi connectivity index (χ3n) is 4.26. The minimum atomic E-state index is -0.271. The predicted molar refractivity (Wildman–Crippen MR) is 77.5 cm³/mol. The molecule has 1 atom stereocenters. The van der Waals surface area contributed by atoms with Gasteiger partial charge in [-0.15, -0.1) is 0 Å². The van der Waals surface area contributed by atoms with Crippen LogP contribution in [-0.4, -0.2) is 12.5 Å². The number of hydrogen-bond donors (Lipinski definition) is 2. The Morgan fingerprint density at radius 2 is 2.10 bits per heavy atom. The highest BCUT2D eigenvalue weighted by atomic mass is 19.1. The first-order chi connectivity index (χ1) is 9.60. The van der Waals surface area contributed by atoms with Crippen LogP contribution in [0.4, 0.5) is 4.39 Å². The molecule has 2 rings (SSSR count). The molecule has 0 saturated heterocycles. The average molecular weight is 278 g/mol. The Morgan fingerprint density at radius 1 is 1.40 bits per heavy atom. The van der Waals surface area contributed by atoms with Crippen molar-refractivity contribution in [2.75, 3.05) is 6.54 Å². The zero-order chi connectivity index (χ0) is 14.5. The lowest BCUT2D eigenvalue weighted by molar-refractivity contribution is -0.126. The van der Waals surface area contributed by atoms with E-state index in [1.165, 1.54) is 12.1 Å². The summed E-state index contributed by atoms with van der Waals surface area (Å²) in [6.45, 7) is 2.60. The zero-order valence-corrected chi connectivity index (χ0v) is 11.9. The van der Waals surface area contributed by atoms with E-state index in [2.05, 4.69) is 5.32 Å². The number of hydrogen-bond acceptors (Lipinski definition) is 2. The maximum atomic E-state index is 13.2. The van der Waals surface area contributed by atoms with Crippen LogP contribution in [0.3, 0.4) is 0 Å². The Bertz CT molecular complexity index is 456. The highest BCUT2D eigenvalue weighted by Gasteiger charge is 2.26. The summed E-state index contributed by atoms with van der Waals surface area (Å²) in [4.78, 5) is 12.2. The average Bonchev–Trinajstić information content (AvgIpc) is 2.47. The number of nitrogens with one attached hydrogen (secondary N) is 1. The molecule has 0 aromatic heterocycles. The van der Waals surface area contributed by atoms with E-state index < -0.39 is 0 Å². The fraction of sp³-hybridized carbons (Fsp3) is 0.562. The predicted octanol–water partition coefficient (Wildman–Crippen LogP) is 2.77. The molecule has 0 heterocycles. The van der Waals surface area contributed by atoms with Crippen molar-refractivity contribution < 1.29 is 9.18 Å². The molecule has 110 valence electrons. The topological polar surface area (TPSA) is 55.1 Å². The molecule has 3 nitrogen and oxygen atoms in total. The minimum Gasteiger partial charge on any atom is -0.349 e. The fourth-order valence-corrected chi connectivity index (χ4v) is 2.85. The molecule has 1 fully saturated rings. The smallest absolute Gasteiger partial charge is 0.223 e. The van der Waals surface area contributed by atoms with E-state index in [1.807, 2.05) is 13.0 Å². The van der Waals surface area contributed by atoms with Crippen LogP contribution in [0.5, 0.6) is 0 Å². The molecule has 1 aromatic rings. The number of carbonyl (C=O) groups excluding carboxylic acids is 1. The van der Waals surface area contributed by atoms with Gasteiger partial charge in [0.2, 0.25) is 5.91 Å². The van der Waals surface area contributed by atoms with Crippen molar-refractivity contribution in [2.24, 2.45) is 17.6 Å². The van der Waals surface area contributed by atoms with Crippen molar-refractivity contribution in [1.29, 1.82) is 0 Å². The van der Waals surface area contributed by atoms with E-state index in [9.17, 15) is 9.18 Å². The van der Waals surface area contributed by atoms with Gasteiger partial charge in [-0.2, -0.15) is 0 Å². The van der Waals surface area contributed by atoms with Crippen LogP contribution in [0.15, 0.2) is 24.3 Å². The van der Waals surface area contributed by atoms with Crippen molar-refractivity contribution in [1.82, 2.24) is 5.32 Å². The number of amides is 1. The van der Waals surface area contributed by atoms with Crippen molar-refractivity contribution in [2.45, 2.75) is 38.6 Å². The summed E-state index contributed by atoms with van der Waals surface area (Å²) in [6, 6.07) is 6.21. The molecular weight excluding hydrogens is 255 g/mol. The van der Waals surface area contributed by atoms with Gasteiger partial charge in [-0.3, -0.25) is 4.79 Å². The Labute approximate surface area is 119 Å². The zero-order valence-electron chi connectivity index (χ0n) is 11.9. The van der Waals surface area contributed by atoms with Gasteiger partial charge in [0.25, 0.3) is 0 Å². The summed E-state index contributed by atoms with van der Waals surface area (Å²) >= 11 is 0. The molecule has 1 amide bonds. The third-order valence-corrected chi connectivity index (χ3v) is 4.26. The molecule has 0 aliphatic heterocycles. The number of nitrogens with two attached hydrogens (primary N) is 1. The molecule has 20 heavy (non-hydrogen) atoms. The van der Waals surface area contributed by atoms with Gasteiger partial charge >= 0.3 is 0 Å². The second kappa shape index (κ2) is 6.84. The lowest BCUT2D eigenvalue weighted by atomic mass is 9.81. The molecule has 0 spiro atoms. The quantitative estimate of drug-likeness (QED) is 0.889.